The van der Waals surface area contributed by atoms with Gasteiger partial charge in [-0.1, -0.05) is 12.5 Å². The molecule has 2 aliphatic heterocycles. The van der Waals surface area contributed by atoms with Crippen molar-refractivity contribution in [3.05, 3.63) is 59.1 Å². The number of benzene rings is 1. The molecule has 0 radical (unpaired) electrons. The van der Waals surface area contributed by atoms with E-state index in [1.54, 1.807) is 11.0 Å². The number of nitrogens with zero attached hydrogens (tertiary/aromatic N) is 6. The first kappa shape index (κ1) is 22.3. The van der Waals surface area contributed by atoms with E-state index in [1.165, 1.54) is 6.07 Å². The molecule has 184 valence electrons. The molecule has 1 aromatic carbocycles. The Morgan fingerprint density at radius 2 is 1.77 bits per heavy atom. The molecule has 1 N–H and O–H groups in total. The topological polar surface area (TPSA) is 71.8 Å². The van der Waals surface area contributed by atoms with Gasteiger partial charge in [0.15, 0.2) is 17.5 Å². The van der Waals surface area contributed by atoms with Crippen LogP contribution in [0, 0.1) is 36.2 Å². The van der Waals surface area contributed by atoms with Crippen LogP contribution < -0.4 is 10.2 Å². The van der Waals surface area contributed by atoms with Crippen LogP contribution in [0.25, 0.3) is 0 Å². The van der Waals surface area contributed by atoms with Gasteiger partial charge in [-0.15, -0.1) is 5.10 Å². The minimum absolute atomic E-state index is 0.138. The van der Waals surface area contributed by atoms with Crippen LogP contribution in [-0.2, 0) is 6.54 Å². The average molecular weight is 484 g/mol. The zero-order chi connectivity index (χ0) is 24.1. The summed E-state index contributed by atoms with van der Waals surface area (Å²) in [6, 6.07) is 4.60. The summed E-state index contributed by atoms with van der Waals surface area (Å²) in [5.74, 6) is -1.23. The Morgan fingerprint density at radius 1 is 0.971 bits per heavy atom. The summed E-state index contributed by atoms with van der Waals surface area (Å²) in [7, 11) is 0. The van der Waals surface area contributed by atoms with E-state index < -0.39 is 23.4 Å². The third kappa shape index (κ3) is 4.02. The number of aryl methyl sites for hydroxylation is 2. The second kappa shape index (κ2) is 8.80. The summed E-state index contributed by atoms with van der Waals surface area (Å²) in [6.45, 7) is 4.45. The first-order chi connectivity index (χ1) is 17.0. The third-order valence-corrected chi connectivity index (χ3v) is 7.81. The molecule has 3 aromatic rings. The Morgan fingerprint density at radius 3 is 2.54 bits per heavy atom. The van der Waals surface area contributed by atoms with Gasteiger partial charge in [0.25, 0.3) is 0 Å². The smallest absolute Gasteiger partial charge is 0.242 e. The fourth-order valence-electron chi connectivity index (χ4n) is 6.09. The lowest BCUT2D eigenvalue weighted by Gasteiger charge is -2.38. The lowest BCUT2D eigenvalue weighted by atomic mass is 9.92. The van der Waals surface area contributed by atoms with Gasteiger partial charge in [0, 0.05) is 48.9 Å². The van der Waals surface area contributed by atoms with Gasteiger partial charge in [-0.25, -0.2) is 27.8 Å². The molecule has 3 aliphatic rings. The first-order valence-corrected chi connectivity index (χ1v) is 12.4. The molecule has 0 spiro atoms. The maximum Gasteiger partial charge on any atom is 0.242 e. The molecule has 6 rings (SSSR count). The van der Waals surface area contributed by atoms with Gasteiger partial charge in [-0.05, 0) is 50.5 Å². The van der Waals surface area contributed by atoms with Gasteiger partial charge in [-0.2, -0.15) is 4.98 Å². The molecule has 10 heteroatoms. The van der Waals surface area contributed by atoms with Crippen LogP contribution in [0.5, 0.6) is 0 Å². The van der Waals surface area contributed by atoms with Crippen LogP contribution in [-0.4, -0.2) is 43.9 Å². The molecule has 2 unspecified atom stereocenters. The number of aromatic nitrogens is 5. The first-order valence-electron chi connectivity index (χ1n) is 12.4. The summed E-state index contributed by atoms with van der Waals surface area (Å²) in [4.78, 5) is 15.8. The van der Waals surface area contributed by atoms with Crippen LogP contribution in [0.1, 0.15) is 55.1 Å². The predicted octanol–water partition coefficient (Wildman–Crippen LogP) is 4.44. The van der Waals surface area contributed by atoms with Gasteiger partial charge in [0.05, 0.1) is 0 Å². The molecule has 4 atom stereocenters. The predicted molar refractivity (Wildman–Crippen MR) is 125 cm³/mol. The van der Waals surface area contributed by atoms with E-state index in [0.717, 1.165) is 56.4 Å². The number of fused-ring (bicyclic) bond motifs is 3. The third-order valence-electron chi connectivity index (χ3n) is 7.81. The number of anilines is 2. The zero-order valence-electron chi connectivity index (χ0n) is 19.6. The Kier molecular flexibility index (Phi) is 5.61. The molecule has 1 saturated heterocycles. The maximum absolute atomic E-state index is 14.7. The number of halogens is 3. The molecule has 2 fully saturated rings. The lowest BCUT2D eigenvalue weighted by molar-refractivity contribution is 0.374. The number of rotatable bonds is 4. The van der Waals surface area contributed by atoms with Crippen LogP contribution in [0.15, 0.2) is 24.5 Å². The molecule has 2 bridgehead atoms. The van der Waals surface area contributed by atoms with Crippen molar-refractivity contribution in [3.63, 3.8) is 0 Å². The van der Waals surface area contributed by atoms with E-state index >= 15 is 0 Å². The van der Waals surface area contributed by atoms with E-state index in [2.05, 4.69) is 20.2 Å². The second-order valence-corrected chi connectivity index (χ2v) is 10.0. The number of hydrogen-bond acceptors (Lipinski definition) is 6. The quantitative estimate of drug-likeness (QED) is 0.554. The molecule has 35 heavy (non-hydrogen) atoms. The molecule has 2 aromatic heterocycles. The lowest BCUT2D eigenvalue weighted by Crippen LogP contribution is -2.48. The Bertz CT molecular complexity index is 1230. The maximum atomic E-state index is 14.7. The molecule has 1 aliphatic carbocycles. The van der Waals surface area contributed by atoms with Crippen LogP contribution in [0.4, 0.5) is 24.9 Å². The summed E-state index contributed by atoms with van der Waals surface area (Å²) >= 11 is 0. The van der Waals surface area contributed by atoms with Gasteiger partial charge in [-0.3, -0.25) is 0 Å². The van der Waals surface area contributed by atoms with Crippen molar-refractivity contribution in [2.45, 2.75) is 57.5 Å². The molecular formula is C25H28F3N7. The van der Waals surface area contributed by atoms with Gasteiger partial charge < -0.3 is 10.2 Å². The Labute approximate surface area is 201 Å². The Hall–Kier alpha value is -3.17. The number of piperidine rings is 1. The number of hydrogen-bond donors (Lipinski definition) is 1. The van der Waals surface area contributed by atoms with E-state index in [1.807, 2.05) is 13.0 Å². The summed E-state index contributed by atoms with van der Waals surface area (Å²) in [5, 5.41) is 8.29. The van der Waals surface area contributed by atoms with Crippen LogP contribution >= 0.6 is 0 Å². The highest BCUT2D eigenvalue weighted by molar-refractivity contribution is 5.42. The average Bonchev–Trinajstić information content (AvgIpc) is 3.25. The van der Waals surface area contributed by atoms with Crippen molar-refractivity contribution < 1.29 is 13.2 Å². The fraction of sp³-hybridized carbons (Fsp3) is 0.520. The van der Waals surface area contributed by atoms with Crippen molar-refractivity contribution in [2.24, 2.45) is 11.8 Å². The largest absolute Gasteiger partial charge is 0.356 e. The molecule has 4 heterocycles. The van der Waals surface area contributed by atoms with Gasteiger partial charge >= 0.3 is 0 Å². The van der Waals surface area contributed by atoms with Crippen molar-refractivity contribution in [2.75, 3.05) is 23.3 Å². The monoisotopic (exact) mass is 483 g/mol. The van der Waals surface area contributed by atoms with Crippen molar-refractivity contribution in [3.8, 4) is 0 Å². The Balaban J connectivity index is 1.24. The number of nitrogens with one attached hydrogen (secondary N) is 1. The molecular weight excluding hydrogens is 455 g/mol. The van der Waals surface area contributed by atoms with E-state index in [-0.39, 0.29) is 11.6 Å². The molecule has 0 amide bonds. The zero-order valence-corrected chi connectivity index (χ0v) is 19.6. The minimum atomic E-state index is -1.43. The van der Waals surface area contributed by atoms with Crippen molar-refractivity contribution in [1.82, 2.24) is 24.7 Å². The van der Waals surface area contributed by atoms with Gasteiger partial charge in [0.2, 0.25) is 5.95 Å². The van der Waals surface area contributed by atoms with Crippen LogP contribution in [0.3, 0.4) is 0 Å². The normalized spacial score (nSPS) is 25.9. The summed E-state index contributed by atoms with van der Waals surface area (Å²) in [6.07, 6.45) is 6.19. The van der Waals surface area contributed by atoms with E-state index in [4.69, 9.17) is 10.1 Å². The second-order valence-electron chi connectivity index (χ2n) is 10.0. The van der Waals surface area contributed by atoms with Crippen molar-refractivity contribution >= 4 is 11.8 Å². The highest BCUT2D eigenvalue weighted by Crippen LogP contribution is 2.40. The molecule has 7 nitrogen and oxygen atoms in total. The standard InChI is InChI=1S/C25H28F3N7/c1-14-10-20(30-13-29-14)34-11-15-5-6-16(12-34)23(15)31-25-32-24-18(4-2-3-9-35(24)33-25)17-7-8-19(26)22(28)21(17)27/h7-8,10,13,15-16,18,23H,2-6,9,11-12H2,1H3,(H,31,33)/t15-,16+,18?,23?. The van der Waals surface area contributed by atoms with Gasteiger partial charge in [0.1, 0.15) is 18.0 Å². The highest BCUT2D eigenvalue weighted by atomic mass is 19.2. The summed E-state index contributed by atoms with van der Waals surface area (Å²) < 4.78 is 44.0. The van der Waals surface area contributed by atoms with Crippen molar-refractivity contribution in [1.29, 1.82) is 0 Å². The SMILES string of the molecule is Cc1cc(N2C[C@H]3CC[C@@H](C2)C3Nc2nc3n(n2)CCCCC3c2ccc(F)c(F)c2F)ncn1. The minimum Gasteiger partial charge on any atom is -0.356 e. The van der Waals surface area contributed by atoms with E-state index in [0.29, 0.717) is 36.6 Å². The summed E-state index contributed by atoms with van der Waals surface area (Å²) in [5.41, 5.74) is 1.10. The van der Waals surface area contributed by atoms with E-state index in [9.17, 15) is 13.2 Å². The molecule has 1 saturated carbocycles. The fourth-order valence-corrected chi connectivity index (χ4v) is 6.09. The van der Waals surface area contributed by atoms with Crippen LogP contribution in [0.2, 0.25) is 0 Å². The highest BCUT2D eigenvalue weighted by Gasteiger charge is 2.43.